The molecule has 0 spiro atoms. The van der Waals surface area contributed by atoms with Crippen molar-refractivity contribution in [3.63, 3.8) is 0 Å². The Labute approximate surface area is 97.1 Å². The van der Waals surface area contributed by atoms with E-state index in [0.29, 0.717) is 6.54 Å². The summed E-state index contributed by atoms with van der Waals surface area (Å²) in [7, 11) is -1.25. The molecule has 1 saturated heterocycles. The Morgan fingerprint density at radius 1 is 1.50 bits per heavy atom. The Hall–Kier alpha value is -0.620. The number of hydrogen-bond donors (Lipinski definition) is 1. The van der Waals surface area contributed by atoms with Crippen LogP contribution < -0.4 is 5.32 Å². The maximum atomic E-state index is 11.5. The average molecular weight is 248 g/mol. The molecule has 1 N–H and O–H groups in total. The van der Waals surface area contributed by atoms with Crippen LogP contribution in [0, 0.1) is 0 Å². The molecule has 1 unspecified atom stereocenters. The van der Waals surface area contributed by atoms with Gasteiger partial charge in [-0.1, -0.05) is 0 Å². The zero-order valence-electron chi connectivity index (χ0n) is 10.1. The smallest absolute Gasteiger partial charge is 0.239 e. The van der Waals surface area contributed by atoms with Crippen molar-refractivity contribution in [3.8, 4) is 0 Å². The molecular formula is C10H20N2O3S. The molecule has 0 aliphatic carbocycles. The van der Waals surface area contributed by atoms with Crippen molar-refractivity contribution in [2.24, 2.45) is 0 Å². The van der Waals surface area contributed by atoms with Gasteiger partial charge < -0.3 is 10.2 Å². The van der Waals surface area contributed by atoms with Crippen LogP contribution in [0.2, 0.25) is 0 Å². The Balaban J connectivity index is 2.35. The van der Waals surface area contributed by atoms with Gasteiger partial charge in [-0.15, -0.1) is 0 Å². The maximum absolute atomic E-state index is 11.5. The number of rotatable bonds is 5. The predicted molar refractivity (Wildman–Crippen MR) is 63.0 cm³/mol. The summed E-state index contributed by atoms with van der Waals surface area (Å²) in [4.78, 5) is 13.2. The van der Waals surface area contributed by atoms with E-state index in [1.54, 1.807) is 25.8 Å². The summed E-state index contributed by atoms with van der Waals surface area (Å²) in [5, 5.41) is 2.65. The van der Waals surface area contributed by atoms with Crippen molar-refractivity contribution < 1.29 is 13.2 Å². The number of sulfone groups is 1. The van der Waals surface area contributed by atoms with E-state index in [-0.39, 0.29) is 23.0 Å². The molecule has 0 aromatic carbocycles. The summed E-state index contributed by atoms with van der Waals surface area (Å²) in [5.41, 5.74) is 0. The Bertz CT molecular complexity index is 351. The highest BCUT2D eigenvalue weighted by Crippen LogP contribution is 2.08. The van der Waals surface area contributed by atoms with Crippen LogP contribution in [0.15, 0.2) is 0 Å². The summed E-state index contributed by atoms with van der Waals surface area (Å²) in [6.07, 6.45) is 0.761. The van der Waals surface area contributed by atoms with E-state index in [2.05, 4.69) is 5.32 Å². The van der Waals surface area contributed by atoms with Crippen LogP contribution in [0.1, 0.15) is 20.3 Å². The SMILES string of the molecule is CC(C)S(=O)(=O)CCNC1CCN(C)C1=O. The third kappa shape index (κ3) is 3.18. The number of nitrogens with zero attached hydrogens (tertiary/aromatic N) is 1. The van der Waals surface area contributed by atoms with E-state index < -0.39 is 9.84 Å². The van der Waals surface area contributed by atoms with E-state index in [1.165, 1.54) is 0 Å². The summed E-state index contributed by atoms with van der Waals surface area (Å²) in [6, 6.07) is -0.202. The summed E-state index contributed by atoms with van der Waals surface area (Å²) in [6.45, 7) is 4.44. The van der Waals surface area contributed by atoms with Gasteiger partial charge in [-0.05, 0) is 20.3 Å². The Morgan fingerprint density at radius 2 is 2.12 bits per heavy atom. The third-order valence-electron chi connectivity index (χ3n) is 2.92. The Kier molecular flexibility index (Phi) is 4.32. The van der Waals surface area contributed by atoms with Gasteiger partial charge in [-0.25, -0.2) is 8.42 Å². The number of nitrogens with one attached hydrogen (secondary N) is 1. The quantitative estimate of drug-likeness (QED) is 0.721. The normalized spacial score (nSPS) is 22.1. The van der Waals surface area contributed by atoms with Crippen molar-refractivity contribution >= 4 is 15.7 Å². The largest absolute Gasteiger partial charge is 0.344 e. The molecule has 94 valence electrons. The maximum Gasteiger partial charge on any atom is 0.239 e. The molecule has 1 atom stereocenters. The van der Waals surface area contributed by atoms with Gasteiger partial charge in [-0.3, -0.25) is 4.79 Å². The molecule has 0 radical (unpaired) electrons. The lowest BCUT2D eigenvalue weighted by Crippen LogP contribution is -2.39. The molecule has 0 bridgehead atoms. The first-order valence-electron chi connectivity index (χ1n) is 5.54. The highest BCUT2D eigenvalue weighted by molar-refractivity contribution is 7.92. The average Bonchev–Trinajstić information content (AvgIpc) is 2.49. The molecule has 0 saturated carbocycles. The molecule has 0 aromatic heterocycles. The van der Waals surface area contributed by atoms with Gasteiger partial charge in [0.05, 0.1) is 17.0 Å². The van der Waals surface area contributed by atoms with Crippen LogP contribution in [-0.4, -0.2) is 56.4 Å². The minimum atomic E-state index is -3.01. The molecule has 1 fully saturated rings. The molecule has 0 aromatic rings. The number of likely N-dealkylation sites (tertiary alicyclic amines) is 1. The lowest BCUT2D eigenvalue weighted by Gasteiger charge is -2.13. The first-order valence-corrected chi connectivity index (χ1v) is 7.26. The van der Waals surface area contributed by atoms with E-state index in [9.17, 15) is 13.2 Å². The predicted octanol–water partition coefficient (Wildman–Crippen LogP) is -0.370. The molecule has 5 nitrogen and oxygen atoms in total. The second kappa shape index (κ2) is 5.14. The lowest BCUT2D eigenvalue weighted by atomic mass is 10.2. The first kappa shape index (κ1) is 13.4. The number of hydrogen-bond acceptors (Lipinski definition) is 4. The van der Waals surface area contributed by atoms with Crippen LogP contribution >= 0.6 is 0 Å². The van der Waals surface area contributed by atoms with Gasteiger partial charge in [-0.2, -0.15) is 0 Å². The van der Waals surface area contributed by atoms with E-state index in [0.717, 1.165) is 13.0 Å². The second-order valence-corrected chi connectivity index (χ2v) is 7.15. The van der Waals surface area contributed by atoms with Crippen molar-refractivity contribution in [2.45, 2.75) is 31.6 Å². The molecule has 1 aliphatic heterocycles. The summed E-state index contributed by atoms with van der Waals surface area (Å²) >= 11 is 0. The zero-order chi connectivity index (χ0) is 12.3. The van der Waals surface area contributed by atoms with E-state index >= 15 is 0 Å². The fraction of sp³-hybridized carbons (Fsp3) is 0.900. The minimum absolute atomic E-state index is 0.0574. The van der Waals surface area contributed by atoms with Gasteiger partial charge >= 0.3 is 0 Å². The van der Waals surface area contributed by atoms with Gasteiger partial charge in [0, 0.05) is 20.1 Å². The first-order chi connectivity index (χ1) is 7.34. The lowest BCUT2D eigenvalue weighted by molar-refractivity contribution is -0.128. The fourth-order valence-electron chi connectivity index (χ4n) is 1.62. The number of carbonyl (C=O) groups excluding carboxylic acids is 1. The Morgan fingerprint density at radius 3 is 2.56 bits per heavy atom. The third-order valence-corrected chi connectivity index (χ3v) is 5.13. The van der Waals surface area contributed by atoms with Crippen LogP contribution in [0.4, 0.5) is 0 Å². The van der Waals surface area contributed by atoms with Gasteiger partial charge in [0.15, 0.2) is 9.84 Å². The van der Waals surface area contributed by atoms with Crippen molar-refractivity contribution in [1.29, 1.82) is 0 Å². The zero-order valence-corrected chi connectivity index (χ0v) is 10.9. The topological polar surface area (TPSA) is 66.5 Å². The van der Waals surface area contributed by atoms with Crippen molar-refractivity contribution in [2.75, 3.05) is 25.9 Å². The highest BCUT2D eigenvalue weighted by Gasteiger charge is 2.28. The number of carbonyl (C=O) groups is 1. The standard InChI is InChI=1S/C10H20N2O3S/c1-8(2)16(14,15)7-5-11-9-4-6-12(3)10(9)13/h8-9,11H,4-7H2,1-3H3. The van der Waals surface area contributed by atoms with Gasteiger partial charge in [0.2, 0.25) is 5.91 Å². The molecule has 1 heterocycles. The van der Waals surface area contributed by atoms with Gasteiger partial charge in [0.1, 0.15) is 0 Å². The monoisotopic (exact) mass is 248 g/mol. The van der Waals surface area contributed by atoms with E-state index in [1.807, 2.05) is 0 Å². The van der Waals surface area contributed by atoms with Crippen LogP contribution in [0.25, 0.3) is 0 Å². The molecule has 1 aliphatic rings. The van der Waals surface area contributed by atoms with Gasteiger partial charge in [0.25, 0.3) is 0 Å². The van der Waals surface area contributed by atoms with Crippen LogP contribution in [0.3, 0.4) is 0 Å². The molecule has 6 heteroatoms. The van der Waals surface area contributed by atoms with Crippen LogP contribution in [-0.2, 0) is 14.6 Å². The minimum Gasteiger partial charge on any atom is -0.344 e. The molecule has 1 rings (SSSR count). The number of amides is 1. The molecule has 1 amide bonds. The van der Waals surface area contributed by atoms with E-state index in [4.69, 9.17) is 0 Å². The fourth-order valence-corrected chi connectivity index (χ4v) is 2.50. The van der Waals surface area contributed by atoms with Crippen molar-refractivity contribution in [1.82, 2.24) is 10.2 Å². The number of likely N-dealkylation sites (N-methyl/N-ethyl adjacent to an activating group) is 1. The van der Waals surface area contributed by atoms with Crippen molar-refractivity contribution in [3.05, 3.63) is 0 Å². The molecular weight excluding hydrogens is 228 g/mol. The van der Waals surface area contributed by atoms with Crippen LogP contribution in [0.5, 0.6) is 0 Å². The summed E-state index contributed by atoms with van der Waals surface area (Å²) < 4.78 is 23.0. The second-order valence-electron chi connectivity index (χ2n) is 4.47. The summed E-state index contributed by atoms with van der Waals surface area (Å²) in [5.74, 6) is 0.153. The molecule has 16 heavy (non-hydrogen) atoms. The highest BCUT2D eigenvalue weighted by atomic mass is 32.2.